The van der Waals surface area contributed by atoms with Crippen molar-refractivity contribution in [2.24, 2.45) is 22.7 Å². The van der Waals surface area contributed by atoms with Crippen LogP contribution in [-0.4, -0.2) is 99.2 Å². The minimum Gasteiger partial charge on any atom is -0.458 e. The number of hydrogen-bond acceptors (Lipinski definition) is 12. The molecule has 3 aromatic carbocycles. The largest absolute Gasteiger partial charge is 0.458 e. The first-order valence-corrected chi connectivity index (χ1v) is 19.7. The Balaban J connectivity index is 1.30. The van der Waals surface area contributed by atoms with Crippen molar-refractivity contribution in [2.45, 2.75) is 102 Å². The van der Waals surface area contributed by atoms with E-state index in [0.29, 0.717) is 11.1 Å². The number of aliphatic hydroxyl groups is 4. The second kappa shape index (κ2) is 15.9. The number of carbonyl (C=O) groups is 4. The Morgan fingerprint density at radius 2 is 1.49 bits per heavy atom. The Hall–Kier alpha value is -4.99. The Kier molecular flexibility index (Phi) is 11.3. The van der Waals surface area contributed by atoms with Gasteiger partial charge in [-0.2, -0.15) is 0 Å². The molecule has 13 nitrogen and oxygen atoms in total. The number of esters is 3. The van der Waals surface area contributed by atoms with Crippen molar-refractivity contribution in [3.63, 3.8) is 0 Å². The molecule has 1 saturated heterocycles. The van der Waals surface area contributed by atoms with E-state index in [2.05, 4.69) is 5.32 Å². The van der Waals surface area contributed by atoms with E-state index in [1.807, 2.05) is 13.8 Å². The van der Waals surface area contributed by atoms with E-state index in [9.17, 15) is 44.0 Å². The van der Waals surface area contributed by atoms with Crippen LogP contribution in [0.5, 0.6) is 0 Å². The molecule has 3 aromatic rings. The first-order valence-electron chi connectivity index (χ1n) is 19.7. The zero-order valence-corrected chi connectivity index (χ0v) is 33.4. The molecule has 2 saturated carbocycles. The highest BCUT2D eigenvalue weighted by molar-refractivity contribution is 5.95. The molecule has 1 aliphatic heterocycles. The standard InChI is InChI=1S/C45H50FNO12/c1-23-30(57-42(55)36(51)34(25-12-8-6-9-13-25)47-40(53)26-16-18-28(46)19-17-26)20-29-37(58-41(54)27-14-10-7-11-15-27)38-44(5,39(52)35(50)33(23)43(29,3)4)31(49)21-32-45(38,22-56-32)59-24(2)48/h6-19,29-32,34-39,49-52H,20-22H2,1-5H3,(H,47,53)/t29?,30-,31-,32+,34-,35+,36+,37+,38-,39-,44+,45-/m0/s1. The third-order valence-electron chi connectivity index (χ3n) is 13.3. The molecule has 1 heterocycles. The molecule has 1 unspecified atom stereocenters. The number of ether oxygens (including phenoxy) is 4. The van der Waals surface area contributed by atoms with Crippen LogP contribution in [0.1, 0.15) is 79.8 Å². The fourth-order valence-electron chi connectivity index (χ4n) is 10.3. The van der Waals surface area contributed by atoms with E-state index in [1.165, 1.54) is 19.1 Å². The summed E-state index contributed by atoms with van der Waals surface area (Å²) in [6.45, 7) is 7.94. The predicted molar refractivity (Wildman–Crippen MR) is 208 cm³/mol. The molecule has 1 amide bonds. The van der Waals surface area contributed by atoms with Gasteiger partial charge in [0.05, 0.1) is 36.3 Å². The van der Waals surface area contributed by atoms with E-state index in [1.54, 1.807) is 74.5 Å². The summed E-state index contributed by atoms with van der Waals surface area (Å²) in [4.78, 5) is 54.5. The van der Waals surface area contributed by atoms with Crippen LogP contribution in [0.25, 0.3) is 0 Å². The highest BCUT2D eigenvalue weighted by Gasteiger charge is 2.75. The molecule has 0 radical (unpaired) electrons. The van der Waals surface area contributed by atoms with Gasteiger partial charge in [0.2, 0.25) is 0 Å². The third kappa shape index (κ3) is 7.24. The molecule has 3 fully saturated rings. The van der Waals surface area contributed by atoms with Gasteiger partial charge in [0.25, 0.3) is 5.91 Å². The fraction of sp³-hybridized carbons (Fsp3) is 0.467. The van der Waals surface area contributed by atoms with Gasteiger partial charge in [-0.05, 0) is 71.9 Å². The third-order valence-corrected chi connectivity index (χ3v) is 13.3. The summed E-state index contributed by atoms with van der Waals surface area (Å²) < 4.78 is 38.3. The zero-order valence-electron chi connectivity index (χ0n) is 33.4. The molecule has 59 heavy (non-hydrogen) atoms. The average Bonchev–Trinajstić information content (AvgIpc) is 3.20. The van der Waals surface area contributed by atoms with Crippen LogP contribution in [0.3, 0.4) is 0 Å². The molecular formula is C45H50FNO12. The smallest absolute Gasteiger partial charge is 0.338 e. The first kappa shape index (κ1) is 42.1. The van der Waals surface area contributed by atoms with Crippen molar-refractivity contribution in [3.8, 4) is 0 Å². The molecule has 314 valence electrons. The van der Waals surface area contributed by atoms with Gasteiger partial charge in [0, 0.05) is 30.2 Å². The summed E-state index contributed by atoms with van der Waals surface area (Å²) in [6, 6.07) is 19.9. The van der Waals surface area contributed by atoms with Gasteiger partial charge in [-0.25, -0.2) is 14.0 Å². The van der Waals surface area contributed by atoms with Crippen molar-refractivity contribution in [3.05, 3.63) is 119 Å². The van der Waals surface area contributed by atoms with E-state index in [4.69, 9.17) is 18.9 Å². The van der Waals surface area contributed by atoms with Crippen LogP contribution < -0.4 is 5.32 Å². The van der Waals surface area contributed by atoms with Crippen molar-refractivity contribution in [1.82, 2.24) is 5.32 Å². The van der Waals surface area contributed by atoms with Crippen LogP contribution >= 0.6 is 0 Å². The summed E-state index contributed by atoms with van der Waals surface area (Å²) in [5.74, 6) is -5.77. The van der Waals surface area contributed by atoms with Gasteiger partial charge in [-0.1, -0.05) is 69.3 Å². The minimum absolute atomic E-state index is 0.0430. The van der Waals surface area contributed by atoms with Crippen molar-refractivity contribution >= 4 is 23.8 Å². The van der Waals surface area contributed by atoms with Crippen LogP contribution in [0.2, 0.25) is 0 Å². The topological polar surface area (TPSA) is 198 Å². The van der Waals surface area contributed by atoms with Crippen molar-refractivity contribution < 1.29 is 62.9 Å². The SMILES string of the molecule is CC(=O)O[C@@]12CO[C@@H]1C[C@H](O)[C@]1(C)[C@@H]2[C@H](OC(=O)c2ccccc2)C2C[C@H](OC(=O)[C@H](O)[C@@H](NC(=O)c3ccc(F)cc3)c3ccccc3)C(C)=C([C@@H](O)[C@@H]1O)C2(C)C. The highest BCUT2D eigenvalue weighted by Crippen LogP contribution is 2.64. The molecule has 3 aliphatic carbocycles. The van der Waals surface area contributed by atoms with E-state index >= 15 is 0 Å². The Morgan fingerprint density at radius 1 is 0.864 bits per heavy atom. The van der Waals surface area contributed by atoms with Crippen LogP contribution in [-0.2, 0) is 28.5 Å². The van der Waals surface area contributed by atoms with Gasteiger partial charge in [0.15, 0.2) is 11.7 Å². The second-order valence-electron chi connectivity index (χ2n) is 17.0. The number of benzene rings is 3. The Morgan fingerprint density at radius 3 is 2.08 bits per heavy atom. The number of halogens is 1. The molecule has 0 aromatic heterocycles. The monoisotopic (exact) mass is 815 g/mol. The van der Waals surface area contributed by atoms with Crippen LogP contribution in [0.15, 0.2) is 96.1 Å². The number of hydrogen-bond donors (Lipinski definition) is 5. The molecule has 7 rings (SSSR count). The molecule has 14 heteroatoms. The normalized spacial score (nSPS) is 33.0. The highest BCUT2D eigenvalue weighted by atomic mass is 19.1. The van der Waals surface area contributed by atoms with Gasteiger partial charge in [-0.3, -0.25) is 9.59 Å². The number of rotatable bonds is 9. The summed E-state index contributed by atoms with van der Waals surface area (Å²) >= 11 is 0. The Bertz CT molecular complexity index is 2110. The van der Waals surface area contributed by atoms with E-state index < -0.39 is 107 Å². The van der Waals surface area contributed by atoms with Crippen molar-refractivity contribution in [1.29, 1.82) is 0 Å². The lowest BCUT2D eigenvalue weighted by molar-refractivity contribution is -0.354. The van der Waals surface area contributed by atoms with Crippen LogP contribution in [0, 0.1) is 28.5 Å². The number of aliphatic hydroxyl groups excluding tert-OH is 4. The molecular weight excluding hydrogens is 765 g/mol. The van der Waals surface area contributed by atoms with Gasteiger partial charge >= 0.3 is 17.9 Å². The maximum Gasteiger partial charge on any atom is 0.338 e. The lowest BCUT2D eigenvalue weighted by atomic mass is 9.45. The Labute approximate surface area is 341 Å². The predicted octanol–water partition coefficient (Wildman–Crippen LogP) is 3.98. The second-order valence-corrected chi connectivity index (χ2v) is 17.0. The van der Waals surface area contributed by atoms with E-state index in [0.717, 1.165) is 12.1 Å². The summed E-state index contributed by atoms with van der Waals surface area (Å²) in [6.07, 6.45) is -10.1. The average molecular weight is 816 g/mol. The van der Waals surface area contributed by atoms with Gasteiger partial charge < -0.3 is 44.7 Å². The van der Waals surface area contributed by atoms with Crippen molar-refractivity contribution in [2.75, 3.05) is 6.61 Å². The molecule has 2 bridgehead atoms. The number of amides is 1. The lowest BCUT2D eigenvalue weighted by Crippen LogP contribution is -2.80. The fourth-order valence-corrected chi connectivity index (χ4v) is 10.3. The maximum absolute atomic E-state index is 14.2. The van der Waals surface area contributed by atoms with Gasteiger partial charge in [0.1, 0.15) is 30.2 Å². The molecule has 0 spiro atoms. The molecule has 4 aliphatic rings. The van der Waals surface area contributed by atoms with Gasteiger partial charge in [-0.15, -0.1) is 0 Å². The number of fused-ring (bicyclic) bond motifs is 5. The summed E-state index contributed by atoms with van der Waals surface area (Å²) in [5.41, 5.74) is -2.95. The number of carbonyl (C=O) groups excluding carboxylic acids is 4. The number of nitrogens with one attached hydrogen (secondary N) is 1. The lowest BCUT2D eigenvalue weighted by Gasteiger charge is -2.67. The zero-order chi connectivity index (χ0) is 42.6. The summed E-state index contributed by atoms with van der Waals surface area (Å²) in [7, 11) is 0. The summed E-state index contributed by atoms with van der Waals surface area (Å²) in [5, 5.41) is 50.9. The quantitative estimate of drug-likeness (QED) is 0.119. The molecule has 5 N–H and O–H groups in total. The minimum atomic E-state index is -1.97. The van der Waals surface area contributed by atoms with E-state index in [-0.39, 0.29) is 36.1 Å². The maximum atomic E-state index is 14.2. The van der Waals surface area contributed by atoms with Crippen LogP contribution in [0.4, 0.5) is 4.39 Å². The molecule has 12 atom stereocenters. The first-order chi connectivity index (χ1) is 27.9.